The molecule has 0 amide bonds. The van der Waals surface area contributed by atoms with Crippen LogP contribution in [0.5, 0.6) is 0 Å². The third kappa shape index (κ3) is 4.43. The summed E-state index contributed by atoms with van der Waals surface area (Å²) in [6.07, 6.45) is 3.82. The number of aromatic nitrogens is 2. The minimum Gasteiger partial charge on any atom is -0.256 e. The highest BCUT2D eigenvalue weighted by molar-refractivity contribution is 6.22. The summed E-state index contributed by atoms with van der Waals surface area (Å²) in [5, 5.41) is 9.61. The molecule has 2 aromatic heterocycles. The van der Waals surface area contributed by atoms with Gasteiger partial charge in [-0.1, -0.05) is 152 Å². The lowest BCUT2D eigenvalue weighted by atomic mass is 9.86. The molecule has 2 heterocycles. The lowest BCUT2D eigenvalue weighted by Crippen LogP contribution is -1.94. The molecule has 0 fully saturated rings. The molecular formula is C48H30N2. The van der Waals surface area contributed by atoms with Gasteiger partial charge in [0.2, 0.25) is 0 Å². The van der Waals surface area contributed by atoms with Crippen LogP contribution in [0.3, 0.4) is 0 Å². The molecule has 0 aliphatic carbocycles. The lowest BCUT2D eigenvalue weighted by Gasteiger charge is -2.18. The number of nitrogens with zero attached hydrogens (tertiary/aromatic N) is 2. The molecule has 0 bridgehead atoms. The summed E-state index contributed by atoms with van der Waals surface area (Å²) in [6.45, 7) is 0. The highest BCUT2D eigenvalue weighted by Gasteiger charge is 2.20. The Hall–Kier alpha value is -6.64. The van der Waals surface area contributed by atoms with E-state index in [-0.39, 0.29) is 0 Å². The van der Waals surface area contributed by atoms with Gasteiger partial charge in [-0.05, 0) is 83.9 Å². The highest BCUT2D eigenvalue weighted by atomic mass is 14.7. The number of hydrogen-bond donors (Lipinski definition) is 0. The Morgan fingerprint density at radius 2 is 0.660 bits per heavy atom. The maximum Gasteiger partial charge on any atom is 0.0792 e. The molecule has 0 radical (unpaired) electrons. The molecule has 2 heteroatoms. The van der Waals surface area contributed by atoms with E-state index in [1.807, 2.05) is 18.5 Å². The molecule has 10 aromatic rings. The van der Waals surface area contributed by atoms with Crippen LogP contribution >= 0.6 is 0 Å². The van der Waals surface area contributed by atoms with Crippen molar-refractivity contribution in [2.45, 2.75) is 0 Å². The predicted molar refractivity (Wildman–Crippen MR) is 211 cm³/mol. The molecule has 232 valence electrons. The molecule has 0 spiro atoms. The molecule has 2 nitrogen and oxygen atoms in total. The number of hydrogen-bond acceptors (Lipinski definition) is 2. The van der Waals surface area contributed by atoms with Crippen LogP contribution < -0.4 is 0 Å². The van der Waals surface area contributed by atoms with Crippen LogP contribution in [0.15, 0.2) is 182 Å². The van der Waals surface area contributed by atoms with Crippen molar-refractivity contribution in [2.24, 2.45) is 0 Å². The first-order valence-electron chi connectivity index (χ1n) is 17.1. The third-order valence-corrected chi connectivity index (χ3v) is 10.1. The van der Waals surface area contributed by atoms with Crippen molar-refractivity contribution in [2.75, 3.05) is 0 Å². The van der Waals surface area contributed by atoms with Crippen molar-refractivity contribution in [3.63, 3.8) is 0 Å². The quantitative estimate of drug-likeness (QED) is 0.180. The number of benzene rings is 8. The van der Waals surface area contributed by atoms with Crippen molar-refractivity contribution < 1.29 is 0 Å². The zero-order chi connectivity index (χ0) is 33.0. The van der Waals surface area contributed by atoms with E-state index in [1.165, 1.54) is 76.8 Å². The van der Waals surface area contributed by atoms with Crippen LogP contribution in [0.4, 0.5) is 0 Å². The van der Waals surface area contributed by atoms with Crippen LogP contribution in [-0.2, 0) is 0 Å². The van der Waals surface area contributed by atoms with Crippen LogP contribution in [0.25, 0.3) is 98.6 Å². The topological polar surface area (TPSA) is 25.8 Å². The normalized spacial score (nSPS) is 11.6. The van der Waals surface area contributed by atoms with Gasteiger partial charge in [0.25, 0.3) is 0 Å². The molecule has 50 heavy (non-hydrogen) atoms. The van der Waals surface area contributed by atoms with E-state index in [9.17, 15) is 0 Å². The first-order chi connectivity index (χ1) is 24.8. The molecule has 0 atom stereocenters. The number of rotatable bonds is 4. The van der Waals surface area contributed by atoms with E-state index >= 15 is 0 Å². The SMILES string of the molecule is c1ccc(-c2c3ccccc3c(-c3ccc(-c4c5ccccc5c(-c5ccc6ccccc6c5)c5ncccc45)cc3)c3cccnc23)cc1. The summed E-state index contributed by atoms with van der Waals surface area (Å²) >= 11 is 0. The van der Waals surface area contributed by atoms with Gasteiger partial charge in [0.05, 0.1) is 11.0 Å². The fourth-order valence-electron chi connectivity index (χ4n) is 7.96. The highest BCUT2D eigenvalue weighted by Crippen LogP contribution is 2.46. The predicted octanol–water partition coefficient (Wildman–Crippen LogP) is 12.9. The monoisotopic (exact) mass is 634 g/mol. The third-order valence-electron chi connectivity index (χ3n) is 10.1. The smallest absolute Gasteiger partial charge is 0.0792 e. The molecular weight excluding hydrogens is 605 g/mol. The van der Waals surface area contributed by atoms with Gasteiger partial charge < -0.3 is 0 Å². The Kier molecular flexibility index (Phi) is 6.53. The molecule has 8 aromatic carbocycles. The standard InChI is InChI=1S/C48H30N2/c1-2-13-32(14-3-1)45-39-18-8-6-16-37(39)43(41-20-10-28-49-47(41)45)33-23-25-34(26-24-33)44-38-17-7-9-19-40(38)46(48-42(44)21-11-29-50-48)36-27-22-31-12-4-5-15-35(31)30-36/h1-30H. The zero-order valence-corrected chi connectivity index (χ0v) is 27.2. The second-order valence-electron chi connectivity index (χ2n) is 12.9. The van der Waals surface area contributed by atoms with Crippen LogP contribution in [-0.4, -0.2) is 9.97 Å². The summed E-state index contributed by atoms with van der Waals surface area (Å²) < 4.78 is 0. The summed E-state index contributed by atoms with van der Waals surface area (Å²) in [5.41, 5.74) is 11.5. The molecule has 0 saturated heterocycles. The Morgan fingerprint density at radius 3 is 1.22 bits per heavy atom. The van der Waals surface area contributed by atoms with Crippen molar-refractivity contribution in [1.82, 2.24) is 9.97 Å². The van der Waals surface area contributed by atoms with Crippen molar-refractivity contribution >= 4 is 54.1 Å². The Labute approximate surface area is 290 Å². The Bertz CT molecular complexity index is 2790. The molecule has 10 rings (SSSR count). The molecule has 0 unspecified atom stereocenters. The second kappa shape index (κ2) is 11.5. The van der Waals surface area contributed by atoms with Gasteiger partial charge in [0, 0.05) is 34.3 Å². The summed E-state index contributed by atoms with van der Waals surface area (Å²) in [7, 11) is 0. The van der Waals surface area contributed by atoms with Gasteiger partial charge in [-0.15, -0.1) is 0 Å². The van der Waals surface area contributed by atoms with E-state index in [2.05, 4.69) is 164 Å². The van der Waals surface area contributed by atoms with E-state index < -0.39 is 0 Å². The largest absolute Gasteiger partial charge is 0.256 e. The van der Waals surface area contributed by atoms with Crippen LogP contribution in [0, 0.1) is 0 Å². The Balaban J connectivity index is 1.19. The van der Waals surface area contributed by atoms with E-state index in [1.54, 1.807) is 0 Å². The minimum atomic E-state index is 1.01. The fourth-order valence-corrected chi connectivity index (χ4v) is 7.96. The van der Waals surface area contributed by atoms with Gasteiger partial charge in [-0.25, -0.2) is 0 Å². The summed E-state index contributed by atoms with van der Waals surface area (Å²) in [4.78, 5) is 10.0. The average molecular weight is 635 g/mol. The fraction of sp³-hybridized carbons (Fsp3) is 0. The van der Waals surface area contributed by atoms with Crippen molar-refractivity contribution in [1.29, 1.82) is 0 Å². The van der Waals surface area contributed by atoms with Crippen LogP contribution in [0.2, 0.25) is 0 Å². The minimum absolute atomic E-state index is 1.01. The number of fused-ring (bicyclic) bond motifs is 5. The molecule has 0 saturated carbocycles. The zero-order valence-electron chi connectivity index (χ0n) is 27.2. The Morgan fingerprint density at radius 1 is 0.260 bits per heavy atom. The first-order valence-corrected chi connectivity index (χ1v) is 17.1. The maximum atomic E-state index is 5.03. The van der Waals surface area contributed by atoms with Gasteiger partial charge in [0.15, 0.2) is 0 Å². The van der Waals surface area contributed by atoms with E-state index in [0.717, 1.165) is 21.8 Å². The van der Waals surface area contributed by atoms with Crippen LogP contribution in [0.1, 0.15) is 0 Å². The summed E-state index contributed by atoms with van der Waals surface area (Å²) in [5.74, 6) is 0. The van der Waals surface area contributed by atoms with Crippen molar-refractivity contribution in [3.05, 3.63) is 182 Å². The van der Waals surface area contributed by atoms with Gasteiger partial charge in [0.1, 0.15) is 0 Å². The first kappa shape index (κ1) is 28.4. The van der Waals surface area contributed by atoms with Gasteiger partial charge in [-0.2, -0.15) is 0 Å². The van der Waals surface area contributed by atoms with E-state index in [4.69, 9.17) is 9.97 Å². The summed E-state index contributed by atoms with van der Waals surface area (Å²) in [6, 6.07) is 61.1. The van der Waals surface area contributed by atoms with Gasteiger partial charge in [-0.3, -0.25) is 9.97 Å². The average Bonchev–Trinajstić information content (AvgIpc) is 3.19. The molecule has 0 aliphatic heterocycles. The molecule has 0 aliphatic rings. The van der Waals surface area contributed by atoms with Crippen molar-refractivity contribution in [3.8, 4) is 44.5 Å². The van der Waals surface area contributed by atoms with E-state index in [0.29, 0.717) is 0 Å². The maximum absolute atomic E-state index is 5.03. The van der Waals surface area contributed by atoms with Gasteiger partial charge >= 0.3 is 0 Å². The molecule has 0 N–H and O–H groups in total. The second-order valence-corrected chi connectivity index (χ2v) is 12.9. The number of pyridine rings is 2. The lowest BCUT2D eigenvalue weighted by molar-refractivity contribution is 1.42.